The van der Waals surface area contributed by atoms with E-state index in [9.17, 15) is 0 Å². The molecule has 0 saturated heterocycles. The van der Waals surface area contributed by atoms with Crippen molar-refractivity contribution >= 4 is 82.7 Å². The molecule has 0 aliphatic rings. The third kappa shape index (κ3) is 4.45. The maximum absolute atomic E-state index is 6.87. The van der Waals surface area contributed by atoms with E-state index in [1.807, 2.05) is 6.07 Å². The van der Waals surface area contributed by atoms with Crippen molar-refractivity contribution in [3.05, 3.63) is 163 Å². The van der Waals surface area contributed by atoms with Crippen LogP contribution in [0.5, 0.6) is 0 Å². The van der Waals surface area contributed by atoms with E-state index < -0.39 is 0 Å². The maximum Gasteiger partial charge on any atom is 0.143 e. The Bertz CT molecular complexity index is 2880. The van der Waals surface area contributed by atoms with Crippen molar-refractivity contribution in [3.63, 3.8) is 0 Å². The van der Waals surface area contributed by atoms with Crippen molar-refractivity contribution in [2.24, 2.45) is 0 Å². The van der Waals surface area contributed by atoms with Gasteiger partial charge in [-0.1, -0.05) is 115 Å². The van der Waals surface area contributed by atoms with Crippen LogP contribution < -0.4 is 5.73 Å². The molecular formula is C45H30N2OS. The molecule has 0 fully saturated rings. The van der Waals surface area contributed by atoms with Gasteiger partial charge in [0.05, 0.1) is 22.1 Å². The Kier molecular flexibility index (Phi) is 6.33. The molecule has 0 aliphatic heterocycles. The topological polar surface area (TPSA) is 44.1 Å². The predicted molar refractivity (Wildman–Crippen MR) is 209 cm³/mol. The third-order valence-electron chi connectivity index (χ3n) is 9.86. The summed E-state index contributed by atoms with van der Waals surface area (Å²) in [7, 11) is 0. The number of aromatic nitrogens is 1. The van der Waals surface area contributed by atoms with Gasteiger partial charge in [-0.25, -0.2) is 0 Å². The van der Waals surface area contributed by atoms with Crippen LogP contribution in [0.25, 0.3) is 82.1 Å². The van der Waals surface area contributed by atoms with Crippen molar-refractivity contribution in [2.75, 3.05) is 5.73 Å². The lowest BCUT2D eigenvalue weighted by Crippen LogP contribution is -1.95. The van der Waals surface area contributed by atoms with Gasteiger partial charge in [0.1, 0.15) is 11.2 Å². The first-order chi connectivity index (χ1) is 24.2. The molecule has 2 N–H and O–H groups in total. The van der Waals surface area contributed by atoms with E-state index in [-0.39, 0.29) is 0 Å². The summed E-state index contributed by atoms with van der Waals surface area (Å²) in [5.74, 6) is 0.809. The zero-order valence-electron chi connectivity index (χ0n) is 26.6. The molecule has 49 heavy (non-hydrogen) atoms. The molecule has 8 aromatic carbocycles. The van der Waals surface area contributed by atoms with Crippen molar-refractivity contribution < 1.29 is 4.42 Å². The number of fused-ring (bicyclic) bond motifs is 9. The Morgan fingerprint density at radius 3 is 2.12 bits per heavy atom. The van der Waals surface area contributed by atoms with Gasteiger partial charge in [-0.2, -0.15) is 0 Å². The summed E-state index contributed by atoms with van der Waals surface area (Å²) < 4.78 is 8.82. The fourth-order valence-corrected chi connectivity index (χ4v) is 8.46. The van der Waals surface area contributed by atoms with Crippen LogP contribution in [0.2, 0.25) is 0 Å². The Hall–Kier alpha value is -5.97. The van der Waals surface area contributed by atoms with Gasteiger partial charge < -0.3 is 14.7 Å². The summed E-state index contributed by atoms with van der Waals surface area (Å²) in [6.45, 7) is 0. The van der Waals surface area contributed by atoms with Crippen LogP contribution in [0, 0.1) is 0 Å². The molecule has 3 nitrogen and oxygen atoms in total. The average Bonchev–Trinajstić information content (AvgIpc) is 3.70. The van der Waals surface area contributed by atoms with Crippen molar-refractivity contribution in [1.82, 2.24) is 4.57 Å². The first kappa shape index (κ1) is 28.1. The second-order valence-electron chi connectivity index (χ2n) is 12.7. The van der Waals surface area contributed by atoms with Crippen LogP contribution in [-0.4, -0.2) is 4.57 Å². The van der Waals surface area contributed by atoms with E-state index in [0.717, 1.165) is 55.1 Å². The molecule has 0 saturated carbocycles. The van der Waals surface area contributed by atoms with E-state index in [4.69, 9.17) is 10.2 Å². The molecule has 0 atom stereocenters. The van der Waals surface area contributed by atoms with Gasteiger partial charge >= 0.3 is 0 Å². The second-order valence-corrected chi connectivity index (χ2v) is 13.7. The molecule has 0 bridgehead atoms. The van der Waals surface area contributed by atoms with Gasteiger partial charge in [-0.3, -0.25) is 0 Å². The van der Waals surface area contributed by atoms with Gasteiger partial charge in [-0.05, 0) is 75.1 Å². The predicted octanol–water partition coefficient (Wildman–Crippen LogP) is 12.5. The molecule has 0 radical (unpaired) electrons. The fourth-order valence-electron chi connectivity index (χ4n) is 7.52. The minimum atomic E-state index is 0.771. The van der Waals surface area contributed by atoms with Crippen molar-refractivity contribution in [2.45, 2.75) is 10.6 Å². The number of hydrogen-bond acceptors (Lipinski definition) is 3. The molecule has 10 aromatic rings. The molecule has 4 heteroatoms. The first-order valence-electron chi connectivity index (χ1n) is 16.6. The highest BCUT2D eigenvalue weighted by atomic mass is 32.2. The van der Waals surface area contributed by atoms with E-state index in [1.54, 1.807) is 11.8 Å². The molecule has 2 aromatic heterocycles. The van der Waals surface area contributed by atoms with Crippen LogP contribution in [0.3, 0.4) is 0 Å². The summed E-state index contributed by atoms with van der Waals surface area (Å²) in [4.78, 5) is 1.06. The number of nitrogens with two attached hydrogens (primary N) is 1. The van der Waals surface area contributed by atoms with E-state index >= 15 is 0 Å². The summed E-state index contributed by atoms with van der Waals surface area (Å²) >= 11 is 1.77. The number of para-hydroxylation sites is 1. The summed E-state index contributed by atoms with van der Waals surface area (Å²) in [5.41, 5.74) is 16.4. The quantitative estimate of drug-likeness (QED) is 0.149. The van der Waals surface area contributed by atoms with E-state index in [1.165, 1.54) is 48.9 Å². The number of benzene rings is 8. The number of rotatable bonds is 5. The molecular weight excluding hydrogens is 617 g/mol. The number of anilines is 1. The standard InChI is InChI=1S/C45H30N2OS/c46-44-41(24-23-40-43(44)36-16-8-15-35(45(36)48-40)29-9-2-1-3-10-29)49-27-28-17-20-33(21-18-28)47-38-22-19-30-11-6-7-14-34(30)42(38)37-25-31-12-4-5-13-32(31)26-39(37)47/h1-26H,27,46H2. The molecule has 2 heterocycles. The fraction of sp³-hybridized carbons (Fsp3) is 0.0222. The largest absolute Gasteiger partial charge is 0.455 e. The highest BCUT2D eigenvalue weighted by Crippen LogP contribution is 2.43. The Balaban J connectivity index is 1.01. The number of furan rings is 1. The summed E-state index contributed by atoms with van der Waals surface area (Å²) in [6.07, 6.45) is 0. The average molecular weight is 647 g/mol. The van der Waals surface area contributed by atoms with Gasteiger partial charge in [0.15, 0.2) is 0 Å². The van der Waals surface area contributed by atoms with Crippen LogP contribution in [0.1, 0.15) is 5.56 Å². The molecule has 0 unspecified atom stereocenters. The number of nitrogens with zero attached hydrogens (tertiary/aromatic N) is 1. The van der Waals surface area contributed by atoms with E-state index in [0.29, 0.717) is 0 Å². The normalized spacial score (nSPS) is 11.9. The Labute approximate surface area is 287 Å². The van der Waals surface area contributed by atoms with Crippen LogP contribution >= 0.6 is 11.8 Å². The summed E-state index contributed by atoms with van der Waals surface area (Å²) in [6, 6.07) is 56.4. The van der Waals surface area contributed by atoms with Gasteiger partial charge in [-0.15, -0.1) is 11.8 Å². The molecule has 10 rings (SSSR count). The smallest absolute Gasteiger partial charge is 0.143 e. The van der Waals surface area contributed by atoms with E-state index in [2.05, 4.69) is 156 Å². The van der Waals surface area contributed by atoms with Crippen LogP contribution in [0.15, 0.2) is 167 Å². The third-order valence-corrected chi connectivity index (χ3v) is 11.0. The highest BCUT2D eigenvalue weighted by Gasteiger charge is 2.18. The van der Waals surface area contributed by atoms with Gasteiger partial charge in [0.2, 0.25) is 0 Å². The number of nitrogen functional groups attached to an aromatic ring is 1. The minimum absolute atomic E-state index is 0.771. The molecule has 0 amide bonds. The Morgan fingerprint density at radius 1 is 0.551 bits per heavy atom. The minimum Gasteiger partial charge on any atom is -0.455 e. The van der Waals surface area contributed by atoms with Crippen molar-refractivity contribution in [3.8, 4) is 16.8 Å². The summed E-state index contributed by atoms with van der Waals surface area (Å²) in [5, 5.41) is 9.65. The van der Waals surface area contributed by atoms with Crippen LogP contribution in [0.4, 0.5) is 5.69 Å². The number of hydrogen-bond donors (Lipinski definition) is 1. The number of thioether (sulfide) groups is 1. The second kappa shape index (κ2) is 11.0. The molecule has 0 spiro atoms. The lowest BCUT2D eigenvalue weighted by atomic mass is 10.0. The van der Waals surface area contributed by atoms with Gasteiger partial charge in [0.25, 0.3) is 0 Å². The highest BCUT2D eigenvalue weighted by molar-refractivity contribution is 7.98. The SMILES string of the molecule is Nc1c(SCc2ccc(-n3c4cc5ccccc5cc4c4c5ccccc5ccc43)cc2)ccc2oc3c(-c4ccccc4)cccc3c12. The zero-order valence-corrected chi connectivity index (χ0v) is 27.4. The first-order valence-corrected chi connectivity index (χ1v) is 17.6. The van der Waals surface area contributed by atoms with Gasteiger partial charge in [0, 0.05) is 38.1 Å². The van der Waals surface area contributed by atoms with Crippen molar-refractivity contribution in [1.29, 1.82) is 0 Å². The lowest BCUT2D eigenvalue weighted by Gasteiger charge is -2.11. The Morgan fingerprint density at radius 2 is 1.29 bits per heavy atom. The zero-order chi connectivity index (χ0) is 32.5. The van der Waals surface area contributed by atoms with Crippen LogP contribution in [-0.2, 0) is 5.75 Å². The maximum atomic E-state index is 6.87. The molecule has 0 aliphatic carbocycles. The molecule has 232 valence electrons. The monoisotopic (exact) mass is 646 g/mol. The lowest BCUT2D eigenvalue weighted by molar-refractivity contribution is 0.670.